The van der Waals surface area contributed by atoms with Crippen LogP contribution in [-0.4, -0.2) is 94.5 Å². The van der Waals surface area contributed by atoms with Gasteiger partial charge in [0, 0.05) is 56.0 Å². The highest BCUT2D eigenvalue weighted by Crippen LogP contribution is 2.29. The van der Waals surface area contributed by atoms with E-state index in [9.17, 15) is 24.3 Å². The molecule has 8 rings (SSSR count). The molecule has 5 heterocycles. The van der Waals surface area contributed by atoms with Crippen molar-refractivity contribution < 1.29 is 28.7 Å². The van der Waals surface area contributed by atoms with Crippen molar-refractivity contribution >= 4 is 51.6 Å². The number of nitrogens with zero attached hydrogens (tertiary/aromatic N) is 7. The molecule has 17 heteroatoms. The number of hydrogen-bond donors (Lipinski definition) is 4. The lowest BCUT2D eigenvalue weighted by Crippen LogP contribution is -2.57. The van der Waals surface area contributed by atoms with Crippen LogP contribution in [0.3, 0.4) is 0 Å². The average molecular weight is 953 g/mol. The predicted molar refractivity (Wildman–Crippen MR) is 262 cm³/mol. The van der Waals surface area contributed by atoms with Crippen molar-refractivity contribution in [3.8, 4) is 21.7 Å². The van der Waals surface area contributed by atoms with Crippen LogP contribution in [0.1, 0.15) is 98.6 Å². The Morgan fingerprint density at radius 2 is 1.62 bits per heavy atom. The monoisotopic (exact) mass is 952 g/mol. The van der Waals surface area contributed by atoms with Gasteiger partial charge in [-0.3, -0.25) is 24.2 Å². The molecule has 3 aromatic carbocycles. The van der Waals surface area contributed by atoms with Gasteiger partial charge in [0.1, 0.15) is 23.6 Å². The van der Waals surface area contributed by atoms with E-state index in [1.807, 2.05) is 81.7 Å². The fourth-order valence-electron chi connectivity index (χ4n) is 8.63. The lowest BCUT2D eigenvalue weighted by Gasteiger charge is -2.35. The second-order valence-electron chi connectivity index (χ2n) is 18.7. The third-order valence-corrected chi connectivity index (χ3v) is 13.4. The molecule has 69 heavy (non-hydrogen) atoms. The van der Waals surface area contributed by atoms with Gasteiger partial charge in [-0.2, -0.15) is 5.10 Å². The largest absolute Gasteiger partial charge is 0.391 e. The van der Waals surface area contributed by atoms with Gasteiger partial charge in [0.05, 0.1) is 51.4 Å². The summed E-state index contributed by atoms with van der Waals surface area (Å²) in [6, 6.07) is 20.5. The molecule has 15 nitrogen and oxygen atoms in total. The SMILES string of the molecule is Cc1ncsc1-c1ccc(CNC(=O)[C@@H]2C[C@@H](O)CN2C(=O)[C@@H](NC(=O)CCCCCCCNC(=O)c2ccc(-c3cnc4ncc(Cc5ccc6ncccc6c5)n4n3)cc2F)C(C)(C)C)cc1. The van der Waals surface area contributed by atoms with E-state index in [2.05, 4.69) is 42.0 Å². The number of β-amino-alcohol motifs (C(OH)–C–C–N with tert-alkyl or cyclic N) is 1. The Hall–Kier alpha value is -6.98. The number of benzene rings is 3. The number of unbranched alkanes of at least 4 members (excludes halogenated alkanes) is 4. The highest BCUT2D eigenvalue weighted by atomic mass is 32.1. The Kier molecular flexibility index (Phi) is 15.1. The number of thiazole rings is 1. The molecule has 0 unspecified atom stereocenters. The summed E-state index contributed by atoms with van der Waals surface area (Å²) in [5.41, 5.74) is 7.68. The average Bonchev–Trinajstić information content (AvgIpc) is 4.08. The van der Waals surface area contributed by atoms with Crippen molar-refractivity contribution in [1.82, 2.24) is 50.4 Å². The Labute approximate surface area is 404 Å². The quantitative estimate of drug-likeness (QED) is 0.0630. The van der Waals surface area contributed by atoms with Crippen molar-refractivity contribution in [2.75, 3.05) is 13.1 Å². The Morgan fingerprint density at radius 1 is 0.870 bits per heavy atom. The molecule has 0 radical (unpaired) electrons. The van der Waals surface area contributed by atoms with Gasteiger partial charge in [-0.05, 0) is 72.2 Å². The van der Waals surface area contributed by atoms with E-state index < -0.39 is 41.2 Å². The maximum absolute atomic E-state index is 15.4. The minimum atomic E-state index is -0.905. The molecule has 1 saturated heterocycles. The van der Waals surface area contributed by atoms with Crippen molar-refractivity contribution in [3.05, 3.63) is 131 Å². The van der Waals surface area contributed by atoms with E-state index in [4.69, 9.17) is 5.10 Å². The number of likely N-dealkylation sites (tertiary alicyclic amines) is 1. The van der Waals surface area contributed by atoms with E-state index in [1.54, 1.807) is 34.3 Å². The summed E-state index contributed by atoms with van der Waals surface area (Å²) in [5.74, 6) is -1.79. The number of aromatic nitrogens is 6. The van der Waals surface area contributed by atoms with Gasteiger partial charge in [0.2, 0.25) is 17.7 Å². The lowest BCUT2D eigenvalue weighted by atomic mass is 9.85. The molecule has 4 N–H and O–H groups in total. The number of fused-ring (bicyclic) bond motifs is 2. The van der Waals surface area contributed by atoms with Crippen LogP contribution in [0.15, 0.2) is 96.9 Å². The van der Waals surface area contributed by atoms with E-state index in [-0.39, 0.29) is 43.3 Å². The molecule has 358 valence electrons. The summed E-state index contributed by atoms with van der Waals surface area (Å²) in [4.78, 5) is 73.6. The maximum atomic E-state index is 15.4. The molecule has 0 aliphatic carbocycles. The summed E-state index contributed by atoms with van der Waals surface area (Å²) in [7, 11) is 0. The fourth-order valence-corrected chi connectivity index (χ4v) is 9.44. The zero-order chi connectivity index (χ0) is 48.7. The summed E-state index contributed by atoms with van der Waals surface area (Å²) < 4.78 is 17.0. The van der Waals surface area contributed by atoms with Crippen LogP contribution in [0.2, 0.25) is 0 Å². The number of aliphatic hydroxyl groups excluding tert-OH is 1. The smallest absolute Gasteiger partial charge is 0.254 e. The van der Waals surface area contributed by atoms with E-state index >= 15 is 4.39 Å². The minimum absolute atomic E-state index is 0.00183. The van der Waals surface area contributed by atoms with Gasteiger partial charge >= 0.3 is 0 Å². The van der Waals surface area contributed by atoms with Gasteiger partial charge in [-0.15, -0.1) is 11.3 Å². The first-order valence-electron chi connectivity index (χ1n) is 23.4. The first kappa shape index (κ1) is 48.5. The first-order chi connectivity index (χ1) is 33.2. The molecule has 3 atom stereocenters. The van der Waals surface area contributed by atoms with Gasteiger partial charge < -0.3 is 26.0 Å². The van der Waals surface area contributed by atoms with Crippen LogP contribution < -0.4 is 16.0 Å². The number of rotatable bonds is 18. The van der Waals surface area contributed by atoms with E-state index in [0.717, 1.165) is 63.1 Å². The van der Waals surface area contributed by atoms with Crippen molar-refractivity contribution in [3.63, 3.8) is 0 Å². The number of pyridine rings is 1. The Morgan fingerprint density at radius 3 is 2.39 bits per heavy atom. The van der Waals surface area contributed by atoms with Crippen molar-refractivity contribution in [1.29, 1.82) is 0 Å². The summed E-state index contributed by atoms with van der Waals surface area (Å²) in [6.07, 6.45) is 8.68. The predicted octanol–water partition coefficient (Wildman–Crippen LogP) is 7.38. The Balaban J connectivity index is 0.752. The molecule has 1 aliphatic rings. The molecule has 4 amide bonds. The summed E-state index contributed by atoms with van der Waals surface area (Å²) in [5, 5.41) is 25.0. The van der Waals surface area contributed by atoms with Crippen LogP contribution >= 0.6 is 11.3 Å². The number of hydrogen-bond acceptors (Lipinski definition) is 11. The van der Waals surface area contributed by atoms with Crippen molar-refractivity contribution in [2.45, 2.75) is 104 Å². The highest BCUT2D eigenvalue weighted by molar-refractivity contribution is 7.13. The van der Waals surface area contributed by atoms with Crippen LogP contribution in [0.25, 0.3) is 38.4 Å². The number of aryl methyl sites for hydroxylation is 1. The lowest BCUT2D eigenvalue weighted by molar-refractivity contribution is -0.144. The number of imidazole rings is 1. The summed E-state index contributed by atoms with van der Waals surface area (Å²) in [6.45, 7) is 8.16. The standard InChI is InChI=1S/C52H57FN10O5S/c1-32-46(69-31-59-32)35-16-13-33(14-17-35)27-56-49(67)44-26-39(64)30-62(44)50(68)47(52(2,3)4)60-45(65)12-8-6-5-7-9-21-55-48(66)40-19-18-37(25-41(40)53)43-29-58-51-57-28-38(63(51)61-43)24-34-15-20-42-36(23-34)11-10-22-54-42/h10-11,13-20,22-23,25,28-29,31,39,44,47,64H,5-9,12,21,24,26-27,30H2,1-4H3,(H,55,66)(H,56,67)(H,60,65)/t39-,44+,47-/m1/s1. The number of amides is 4. The summed E-state index contributed by atoms with van der Waals surface area (Å²) >= 11 is 1.57. The first-order valence-corrected chi connectivity index (χ1v) is 24.3. The Bertz CT molecular complexity index is 2970. The van der Waals surface area contributed by atoms with Crippen molar-refractivity contribution in [2.24, 2.45) is 5.41 Å². The van der Waals surface area contributed by atoms with Crippen LogP contribution in [0, 0.1) is 18.2 Å². The highest BCUT2D eigenvalue weighted by Gasteiger charge is 2.44. The molecule has 0 bridgehead atoms. The van der Waals surface area contributed by atoms with E-state index in [1.165, 1.54) is 23.2 Å². The molecule has 1 fully saturated rings. The number of carbonyl (C=O) groups excluding carboxylic acids is 4. The normalized spacial score (nSPS) is 15.4. The molecule has 4 aromatic heterocycles. The zero-order valence-electron chi connectivity index (χ0n) is 39.2. The zero-order valence-corrected chi connectivity index (χ0v) is 40.1. The molecular formula is C52H57FN10O5S. The molecule has 0 saturated carbocycles. The minimum Gasteiger partial charge on any atom is -0.391 e. The fraction of sp³-hybridized carbons (Fsp3) is 0.365. The number of nitrogens with one attached hydrogen (secondary N) is 3. The molecule has 0 spiro atoms. The third-order valence-electron chi connectivity index (χ3n) is 12.4. The maximum Gasteiger partial charge on any atom is 0.254 e. The van der Waals surface area contributed by atoms with Crippen LogP contribution in [-0.2, 0) is 27.3 Å². The van der Waals surface area contributed by atoms with Crippen LogP contribution in [0.5, 0.6) is 0 Å². The third kappa shape index (κ3) is 11.8. The van der Waals surface area contributed by atoms with Gasteiger partial charge in [-0.25, -0.2) is 23.9 Å². The number of carbonyl (C=O) groups is 4. The topological polar surface area (TPSA) is 197 Å². The van der Waals surface area contributed by atoms with Gasteiger partial charge in [0.25, 0.3) is 11.7 Å². The molecule has 7 aromatic rings. The molecule has 1 aliphatic heterocycles. The second kappa shape index (κ2) is 21.5. The number of aliphatic hydroxyl groups is 1. The van der Waals surface area contributed by atoms with Gasteiger partial charge in [-0.1, -0.05) is 82.5 Å². The second-order valence-corrected chi connectivity index (χ2v) is 19.6. The van der Waals surface area contributed by atoms with Crippen LogP contribution in [0.4, 0.5) is 4.39 Å². The molecular weight excluding hydrogens is 896 g/mol. The number of halogens is 1. The van der Waals surface area contributed by atoms with Gasteiger partial charge in [0.15, 0.2) is 0 Å². The van der Waals surface area contributed by atoms with E-state index in [0.29, 0.717) is 42.8 Å².